The minimum Gasteiger partial charge on any atom is -0.383 e. The maximum Gasteiger partial charge on any atom is 0.254 e. The quantitative estimate of drug-likeness (QED) is 0.589. The van der Waals surface area contributed by atoms with Gasteiger partial charge in [-0.15, -0.1) is 0 Å². The van der Waals surface area contributed by atoms with Gasteiger partial charge in [-0.2, -0.15) is 0 Å². The van der Waals surface area contributed by atoms with Gasteiger partial charge in [-0.05, 0) is 43.9 Å². The Morgan fingerprint density at radius 3 is 2.37 bits per heavy atom. The Morgan fingerprint density at radius 2 is 1.69 bits per heavy atom. The first-order valence-electron chi connectivity index (χ1n) is 13.5. The largest absolute Gasteiger partial charge is 0.383 e. The molecule has 192 valence electrons. The maximum atomic E-state index is 13.2. The van der Waals surface area contributed by atoms with Gasteiger partial charge < -0.3 is 19.4 Å². The monoisotopic (exact) mass is 483 g/mol. The minimum atomic E-state index is 0.105. The molecule has 8 heteroatoms. The first kappa shape index (κ1) is 24.5. The highest BCUT2D eigenvalue weighted by molar-refractivity contribution is 5.95. The SMILES string of the molecule is COC[C@@H]1CCCN1C(=O)c1cccc(N2CCN(CC(=O)N3CCN(C4CCC4)CC3)CC2)c1. The minimum absolute atomic E-state index is 0.105. The Morgan fingerprint density at radius 1 is 0.914 bits per heavy atom. The number of likely N-dealkylation sites (tertiary alicyclic amines) is 1. The zero-order valence-electron chi connectivity index (χ0n) is 21.2. The van der Waals surface area contributed by atoms with E-state index in [2.05, 4.69) is 25.7 Å². The molecule has 0 bridgehead atoms. The second kappa shape index (κ2) is 11.3. The van der Waals surface area contributed by atoms with E-state index in [1.54, 1.807) is 7.11 Å². The molecule has 1 atom stereocenters. The van der Waals surface area contributed by atoms with E-state index in [1.807, 2.05) is 23.1 Å². The number of rotatable bonds is 7. The Balaban J connectivity index is 1.10. The number of methoxy groups -OCH3 is 1. The van der Waals surface area contributed by atoms with Crippen molar-refractivity contribution in [3.05, 3.63) is 29.8 Å². The summed E-state index contributed by atoms with van der Waals surface area (Å²) in [5.74, 6) is 0.378. The molecule has 4 fully saturated rings. The average molecular weight is 484 g/mol. The number of nitrogens with zero attached hydrogens (tertiary/aromatic N) is 5. The number of carbonyl (C=O) groups is 2. The van der Waals surface area contributed by atoms with Crippen molar-refractivity contribution >= 4 is 17.5 Å². The molecule has 2 amide bonds. The normalized spacial score (nSPS) is 24.6. The van der Waals surface area contributed by atoms with Crippen LogP contribution in [0.3, 0.4) is 0 Å². The van der Waals surface area contributed by atoms with Gasteiger partial charge >= 0.3 is 0 Å². The van der Waals surface area contributed by atoms with Crippen LogP contribution in [0.25, 0.3) is 0 Å². The summed E-state index contributed by atoms with van der Waals surface area (Å²) >= 11 is 0. The van der Waals surface area contributed by atoms with Crippen LogP contribution in [-0.4, -0.2) is 123 Å². The van der Waals surface area contributed by atoms with E-state index < -0.39 is 0 Å². The third-order valence-electron chi connectivity index (χ3n) is 8.44. The van der Waals surface area contributed by atoms with Crippen molar-refractivity contribution in [2.45, 2.75) is 44.2 Å². The van der Waals surface area contributed by atoms with Gasteiger partial charge in [0.2, 0.25) is 5.91 Å². The molecule has 35 heavy (non-hydrogen) atoms. The molecule has 3 heterocycles. The smallest absolute Gasteiger partial charge is 0.254 e. The number of hydrogen-bond acceptors (Lipinski definition) is 6. The molecule has 1 saturated carbocycles. The van der Waals surface area contributed by atoms with E-state index in [0.29, 0.717) is 13.2 Å². The topological polar surface area (TPSA) is 59.6 Å². The zero-order chi connectivity index (χ0) is 24.2. The maximum absolute atomic E-state index is 13.2. The summed E-state index contributed by atoms with van der Waals surface area (Å²) in [6.45, 7) is 9.21. The number of benzene rings is 1. The van der Waals surface area contributed by atoms with Crippen molar-refractivity contribution in [1.29, 1.82) is 0 Å². The van der Waals surface area contributed by atoms with Crippen LogP contribution >= 0.6 is 0 Å². The standard InChI is InChI=1S/C27H41N5O3/c1-35-21-25-9-4-10-32(25)27(34)22-5-2-8-24(19-22)30-13-11-28(12-14-30)20-26(33)31-17-15-29(16-18-31)23-6-3-7-23/h2,5,8,19,23,25H,3-4,6-7,9-18,20-21H2,1H3/t25-/m0/s1. The van der Waals surface area contributed by atoms with E-state index in [-0.39, 0.29) is 17.9 Å². The van der Waals surface area contributed by atoms with Gasteiger partial charge in [-0.3, -0.25) is 19.4 Å². The highest BCUT2D eigenvalue weighted by Gasteiger charge is 2.31. The predicted molar refractivity (Wildman–Crippen MR) is 137 cm³/mol. The number of piperazine rings is 2. The van der Waals surface area contributed by atoms with Crippen molar-refractivity contribution in [3.8, 4) is 0 Å². The third-order valence-corrected chi connectivity index (χ3v) is 8.44. The van der Waals surface area contributed by atoms with Crippen LogP contribution in [0.4, 0.5) is 5.69 Å². The van der Waals surface area contributed by atoms with Crippen LogP contribution in [0.15, 0.2) is 24.3 Å². The number of ether oxygens (including phenoxy) is 1. The Labute approximate surface area is 209 Å². The summed E-state index contributed by atoms with van der Waals surface area (Å²) in [7, 11) is 1.70. The first-order valence-corrected chi connectivity index (χ1v) is 13.5. The molecule has 0 spiro atoms. The molecular formula is C27H41N5O3. The number of amides is 2. The number of carbonyl (C=O) groups excluding carboxylic acids is 2. The zero-order valence-corrected chi connectivity index (χ0v) is 21.2. The molecule has 1 aliphatic carbocycles. The summed E-state index contributed by atoms with van der Waals surface area (Å²) in [4.78, 5) is 37.3. The first-order chi connectivity index (χ1) is 17.1. The molecular weight excluding hydrogens is 442 g/mol. The van der Waals surface area contributed by atoms with E-state index in [9.17, 15) is 9.59 Å². The van der Waals surface area contributed by atoms with Gasteiger partial charge in [0.05, 0.1) is 19.2 Å². The summed E-state index contributed by atoms with van der Waals surface area (Å²) < 4.78 is 5.32. The third kappa shape index (κ3) is 5.65. The van der Waals surface area contributed by atoms with Crippen LogP contribution in [0.1, 0.15) is 42.5 Å². The van der Waals surface area contributed by atoms with Gasteiger partial charge in [0.25, 0.3) is 5.91 Å². The lowest BCUT2D eigenvalue weighted by molar-refractivity contribution is -0.134. The van der Waals surface area contributed by atoms with Crippen LogP contribution in [-0.2, 0) is 9.53 Å². The van der Waals surface area contributed by atoms with Crippen molar-refractivity contribution in [2.24, 2.45) is 0 Å². The summed E-state index contributed by atoms with van der Waals surface area (Å²) in [5.41, 5.74) is 1.85. The molecule has 0 radical (unpaired) electrons. The van der Waals surface area contributed by atoms with Gasteiger partial charge in [0, 0.05) is 83.3 Å². The highest BCUT2D eigenvalue weighted by Crippen LogP contribution is 2.26. The second-order valence-corrected chi connectivity index (χ2v) is 10.6. The van der Waals surface area contributed by atoms with Crippen LogP contribution in [0.5, 0.6) is 0 Å². The van der Waals surface area contributed by atoms with Gasteiger partial charge in [-0.1, -0.05) is 12.5 Å². The van der Waals surface area contributed by atoms with E-state index in [1.165, 1.54) is 19.3 Å². The average Bonchev–Trinajstić information content (AvgIpc) is 3.32. The number of hydrogen-bond donors (Lipinski definition) is 0. The molecule has 4 aliphatic rings. The molecule has 3 aliphatic heterocycles. The fourth-order valence-electron chi connectivity index (χ4n) is 6.01. The van der Waals surface area contributed by atoms with Crippen molar-refractivity contribution in [3.63, 3.8) is 0 Å². The van der Waals surface area contributed by atoms with Gasteiger partial charge in [-0.25, -0.2) is 0 Å². The van der Waals surface area contributed by atoms with E-state index in [0.717, 1.165) is 89.0 Å². The highest BCUT2D eigenvalue weighted by atomic mass is 16.5. The molecule has 1 aromatic rings. The van der Waals surface area contributed by atoms with E-state index in [4.69, 9.17) is 4.74 Å². The molecule has 0 aromatic heterocycles. The summed E-state index contributed by atoms with van der Waals surface area (Å²) in [6.07, 6.45) is 6.08. The van der Waals surface area contributed by atoms with Crippen molar-refractivity contribution < 1.29 is 14.3 Å². The van der Waals surface area contributed by atoms with Crippen molar-refractivity contribution in [2.75, 3.05) is 84.1 Å². The summed E-state index contributed by atoms with van der Waals surface area (Å²) in [5, 5.41) is 0. The molecule has 5 rings (SSSR count). The molecule has 8 nitrogen and oxygen atoms in total. The van der Waals surface area contributed by atoms with Crippen molar-refractivity contribution in [1.82, 2.24) is 19.6 Å². The Hall–Kier alpha value is -2.16. The summed E-state index contributed by atoms with van der Waals surface area (Å²) in [6, 6.07) is 8.99. The van der Waals surface area contributed by atoms with Crippen LogP contribution in [0.2, 0.25) is 0 Å². The lowest BCUT2D eigenvalue weighted by Gasteiger charge is -2.43. The lowest BCUT2D eigenvalue weighted by Crippen LogP contribution is -2.56. The predicted octanol–water partition coefficient (Wildman–Crippen LogP) is 1.76. The molecule has 0 N–H and O–H groups in total. The second-order valence-electron chi connectivity index (χ2n) is 10.6. The number of anilines is 1. The van der Waals surface area contributed by atoms with Crippen LogP contribution < -0.4 is 4.90 Å². The Kier molecular flexibility index (Phi) is 7.90. The van der Waals surface area contributed by atoms with Gasteiger partial charge in [0.15, 0.2) is 0 Å². The van der Waals surface area contributed by atoms with Crippen LogP contribution in [0, 0.1) is 0 Å². The van der Waals surface area contributed by atoms with E-state index >= 15 is 0 Å². The molecule has 0 unspecified atom stereocenters. The fourth-order valence-corrected chi connectivity index (χ4v) is 6.01. The van der Waals surface area contributed by atoms with Gasteiger partial charge in [0.1, 0.15) is 0 Å². The Bertz CT molecular complexity index is 875. The molecule has 1 aromatic carbocycles. The molecule has 3 saturated heterocycles. The lowest BCUT2D eigenvalue weighted by atomic mass is 9.91. The fraction of sp³-hybridized carbons (Fsp3) is 0.704.